The predicted molar refractivity (Wildman–Crippen MR) is 175 cm³/mol. The first kappa shape index (κ1) is 35.8. The molecule has 0 saturated carbocycles. The Morgan fingerprint density at radius 1 is 0.761 bits per heavy atom. The lowest BCUT2D eigenvalue weighted by atomic mass is 10.1. The lowest BCUT2D eigenvalue weighted by Crippen LogP contribution is -2.54. The number of methoxy groups -OCH3 is 5. The summed E-state index contributed by atoms with van der Waals surface area (Å²) in [5, 5.41) is 2.91. The van der Waals surface area contributed by atoms with Crippen LogP contribution in [0.1, 0.15) is 33.3 Å². The van der Waals surface area contributed by atoms with E-state index >= 15 is 0 Å². The molecule has 1 atom stereocenters. The minimum atomic E-state index is -4.46. The van der Waals surface area contributed by atoms with E-state index in [-0.39, 0.29) is 28.6 Å². The van der Waals surface area contributed by atoms with Crippen molar-refractivity contribution in [1.29, 1.82) is 0 Å². The summed E-state index contributed by atoms with van der Waals surface area (Å²) >= 11 is 0. The Hall–Kier alpha value is -4.65. The second-order valence-electron chi connectivity index (χ2n) is 11.4. The topological polar surface area (TPSA) is 133 Å². The number of anilines is 1. The predicted octanol–water partition coefficient (Wildman–Crippen LogP) is 4.26. The van der Waals surface area contributed by atoms with E-state index in [1.807, 2.05) is 20.8 Å². The normalized spacial score (nSPS) is 12.0. The van der Waals surface area contributed by atoms with E-state index in [9.17, 15) is 18.0 Å². The highest BCUT2D eigenvalue weighted by Crippen LogP contribution is 2.38. The van der Waals surface area contributed by atoms with Gasteiger partial charge in [-0.05, 0) is 69.7 Å². The number of benzene rings is 3. The number of carbonyl (C=O) groups is 2. The first-order chi connectivity index (χ1) is 21.7. The van der Waals surface area contributed by atoms with Gasteiger partial charge in [0.2, 0.25) is 11.8 Å². The number of hydrogen-bond donors (Lipinski definition) is 1. The Bertz CT molecular complexity index is 1620. The Morgan fingerprint density at radius 3 is 1.87 bits per heavy atom. The molecule has 0 aliphatic rings. The number of hydrogen-bond acceptors (Lipinski definition) is 9. The molecule has 0 spiro atoms. The van der Waals surface area contributed by atoms with Crippen molar-refractivity contribution in [3.8, 4) is 28.7 Å². The largest absolute Gasteiger partial charge is 0.497 e. The van der Waals surface area contributed by atoms with E-state index in [1.165, 1.54) is 57.6 Å². The van der Waals surface area contributed by atoms with Crippen LogP contribution < -0.4 is 33.3 Å². The molecule has 12 nitrogen and oxygen atoms in total. The summed E-state index contributed by atoms with van der Waals surface area (Å²) in [6.07, 6.45) is 0. The van der Waals surface area contributed by atoms with Crippen LogP contribution in [0.5, 0.6) is 28.7 Å². The second-order valence-corrected chi connectivity index (χ2v) is 13.2. The highest BCUT2D eigenvalue weighted by molar-refractivity contribution is 7.92. The van der Waals surface area contributed by atoms with Crippen LogP contribution in [0.25, 0.3) is 0 Å². The first-order valence-electron chi connectivity index (χ1n) is 14.4. The van der Waals surface area contributed by atoms with Gasteiger partial charge in [0.15, 0.2) is 11.5 Å². The molecule has 13 heteroatoms. The molecule has 0 fully saturated rings. The van der Waals surface area contributed by atoms with Crippen LogP contribution in [0.2, 0.25) is 0 Å². The van der Waals surface area contributed by atoms with Crippen LogP contribution >= 0.6 is 0 Å². The van der Waals surface area contributed by atoms with Crippen molar-refractivity contribution in [3.05, 3.63) is 66.2 Å². The summed E-state index contributed by atoms with van der Waals surface area (Å²) in [6, 6.07) is 14.8. The molecule has 3 aromatic rings. The molecule has 2 amide bonds. The molecule has 0 heterocycles. The molecule has 46 heavy (non-hydrogen) atoms. The highest BCUT2D eigenvalue weighted by atomic mass is 32.2. The van der Waals surface area contributed by atoms with Crippen LogP contribution in [-0.2, 0) is 26.2 Å². The molecule has 0 aliphatic carbocycles. The van der Waals surface area contributed by atoms with Crippen molar-refractivity contribution in [2.24, 2.45) is 0 Å². The van der Waals surface area contributed by atoms with Crippen LogP contribution in [0.4, 0.5) is 5.69 Å². The summed E-state index contributed by atoms with van der Waals surface area (Å²) in [6.45, 7) is 6.44. The SMILES string of the molecule is COc1ccc(CN(C(=O)CN(c2cc(OC)ccc2OC)S(=O)(=O)c2ccc(OC)c(OC)c2)C(C)C(=O)NC(C)(C)C)cc1. The van der Waals surface area contributed by atoms with Crippen molar-refractivity contribution >= 4 is 27.5 Å². The van der Waals surface area contributed by atoms with Crippen molar-refractivity contribution in [1.82, 2.24) is 10.2 Å². The van der Waals surface area contributed by atoms with E-state index < -0.39 is 40.0 Å². The van der Waals surface area contributed by atoms with Gasteiger partial charge < -0.3 is 33.9 Å². The highest BCUT2D eigenvalue weighted by Gasteiger charge is 2.35. The van der Waals surface area contributed by atoms with Gasteiger partial charge in [-0.1, -0.05) is 12.1 Å². The van der Waals surface area contributed by atoms with Gasteiger partial charge in [-0.15, -0.1) is 0 Å². The third kappa shape index (κ3) is 8.53. The Morgan fingerprint density at radius 2 is 1.33 bits per heavy atom. The summed E-state index contributed by atoms with van der Waals surface area (Å²) in [5.41, 5.74) is 0.190. The molecule has 0 aromatic heterocycles. The zero-order chi connectivity index (χ0) is 34.2. The number of nitrogens with one attached hydrogen (secondary N) is 1. The molecule has 3 aromatic carbocycles. The fourth-order valence-electron chi connectivity index (χ4n) is 4.59. The smallest absolute Gasteiger partial charge is 0.265 e. The number of ether oxygens (including phenoxy) is 5. The van der Waals surface area contributed by atoms with Gasteiger partial charge in [-0.25, -0.2) is 8.42 Å². The summed E-state index contributed by atoms with van der Waals surface area (Å²) in [4.78, 5) is 28.9. The van der Waals surface area contributed by atoms with Crippen LogP contribution in [0.3, 0.4) is 0 Å². The summed E-state index contributed by atoms with van der Waals surface area (Å²) in [7, 11) is 2.75. The van der Waals surface area contributed by atoms with Gasteiger partial charge in [0, 0.05) is 24.2 Å². The van der Waals surface area contributed by atoms with Gasteiger partial charge in [-0.3, -0.25) is 13.9 Å². The van der Waals surface area contributed by atoms with Crippen molar-refractivity contribution in [3.63, 3.8) is 0 Å². The van der Waals surface area contributed by atoms with E-state index in [1.54, 1.807) is 50.4 Å². The average molecular weight is 658 g/mol. The summed E-state index contributed by atoms with van der Waals surface area (Å²) < 4.78 is 56.6. The average Bonchev–Trinajstić information content (AvgIpc) is 3.04. The molecule has 0 bridgehead atoms. The van der Waals surface area contributed by atoms with Crippen molar-refractivity contribution < 1.29 is 41.7 Å². The molecule has 0 aliphatic heterocycles. The fraction of sp³-hybridized carbons (Fsp3) is 0.394. The zero-order valence-electron chi connectivity index (χ0n) is 27.7. The molecule has 0 saturated heterocycles. The number of nitrogens with zero attached hydrogens (tertiary/aromatic N) is 2. The molecule has 250 valence electrons. The second kappa shape index (κ2) is 15.1. The quantitative estimate of drug-likeness (QED) is 0.270. The Balaban J connectivity index is 2.17. The molecule has 1 unspecified atom stereocenters. The molecular weight excluding hydrogens is 614 g/mol. The van der Waals surface area contributed by atoms with Gasteiger partial charge in [0.25, 0.3) is 10.0 Å². The third-order valence-corrected chi connectivity index (χ3v) is 8.81. The van der Waals surface area contributed by atoms with Gasteiger partial charge >= 0.3 is 0 Å². The lowest BCUT2D eigenvalue weighted by molar-refractivity contribution is -0.140. The minimum Gasteiger partial charge on any atom is -0.497 e. The van der Waals surface area contributed by atoms with Gasteiger partial charge in [0.05, 0.1) is 46.1 Å². The molecule has 0 radical (unpaired) electrons. The summed E-state index contributed by atoms with van der Waals surface area (Å²) in [5.74, 6) is 0.608. The first-order valence-corrected chi connectivity index (χ1v) is 15.8. The van der Waals surface area contributed by atoms with Crippen LogP contribution in [-0.4, -0.2) is 78.8 Å². The zero-order valence-corrected chi connectivity index (χ0v) is 28.6. The molecule has 1 N–H and O–H groups in total. The number of carbonyl (C=O) groups excluding carboxylic acids is 2. The number of sulfonamides is 1. The minimum absolute atomic E-state index is 0.0149. The maximum absolute atomic E-state index is 14.4. The van der Waals surface area contributed by atoms with Crippen LogP contribution in [0, 0.1) is 0 Å². The Labute approximate surface area is 271 Å². The maximum atomic E-state index is 14.4. The number of amides is 2. The van der Waals surface area contributed by atoms with E-state index in [0.29, 0.717) is 22.8 Å². The lowest BCUT2D eigenvalue weighted by Gasteiger charge is -2.34. The standard InChI is InChI=1S/C33H43N3O9S/c1-22(32(38)34-33(2,3)4)35(20-23-10-12-24(41-5)13-11-23)31(37)21-36(27-18-25(42-6)14-16-28(27)43-7)46(39,40)26-15-17-29(44-8)30(19-26)45-9/h10-19,22H,20-21H2,1-9H3,(H,34,38). The van der Waals surface area contributed by atoms with Gasteiger partial charge in [-0.2, -0.15) is 0 Å². The monoisotopic (exact) mass is 657 g/mol. The Kier molecular flexibility index (Phi) is 11.8. The van der Waals surface area contributed by atoms with E-state index in [2.05, 4.69) is 5.32 Å². The third-order valence-electron chi connectivity index (χ3n) is 7.05. The van der Waals surface area contributed by atoms with Crippen molar-refractivity contribution in [2.45, 2.75) is 50.7 Å². The molecule has 3 rings (SSSR count). The van der Waals surface area contributed by atoms with Gasteiger partial charge in [0.1, 0.15) is 29.8 Å². The van der Waals surface area contributed by atoms with Crippen LogP contribution in [0.15, 0.2) is 65.6 Å². The van der Waals surface area contributed by atoms with Crippen molar-refractivity contribution in [2.75, 3.05) is 46.4 Å². The van der Waals surface area contributed by atoms with E-state index in [4.69, 9.17) is 23.7 Å². The molecular formula is C33H43N3O9S. The number of rotatable bonds is 14. The fourth-order valence-corrected chi connectivity index (χ4v) is 6.03. The van der Waals surface area contributed by atoms with E-state index in [0.717, 1.165) is 4.31 Å². The maximum Gasteiger partial charge on any atom is 0.265 e.